The maximum atomic E-state index is 12.5. The number of aromatic nitrogens is 2. The summed E-state index contributed by atoms with van der Waals surface area (Å²) in [6, 6.07) is 13.3. The number of aromatic amines is 1. The van der Waals surface area contributed by atoms with E-state index in [9.17, 15) is 9.59 Å². The zero-order valence-electron chi connectivity index (χ0n) is 18.0. The Bertz CT molecular complexity index is 1110. The van der Waals surface area contributed by atoms with Crippen molar-refractivity contribution in [2.24, 2.45) is 0 Å². The third-order valence-electron chi connectivity index (χ3n) is 5.94. The molecule has 1 fully saturated rings. The average Bonchev–Trinajstić information content (AvgIpc) is 3.36. The van der Waals surface area contributed by atoms with Crippen molar-refractivity contribution < 1.29 is 14.3 Å². The summed E-state index contributed by atoms with van der Waals surface area (Å²) < 4.78 is 5.23. The summed E-state index contributed by atoms with van der Waals surface area (Å²) in [5.74, 6) is 1.60. The zero-order chi connectivity index (χ0) is 22.6. The molecule has 168 valence electrons. The van der Waals surface area contributed by atoms with Crippen LogP contribution in [-0.2, 0) is 22.4 Å². The Kier molecular flexibility index (Phi) is 6.65. The van der Waals surface area contributed by atoms with Crippen LogP contribution in [0.3, 0.4) is 0 Å². The number of fused-ring (bicyclic) bond motifs is 1. The number of carbonyl (C=O) groups is 2. The highest BCUT2D eigenvalue weighted by Gasteiger charge is 2.37. The van der Waals surface area contributed by atoms with Gasteiger partial charge in [0.25, 0.3) is 0 Å². The van der Waals surface area contributed by atoms with Gasteiger partial charge in [-0.1, -0.05) is 23.7 Å². The number of carbonyl (C=O) groups excluding carboxylic acids is 2. The molecule has 8 heteroatoms. The summed E-state index contributed by atoms with van der Waals surface area (Å²) in [6.07, 6.45) is 3.46. The molecule has 1 aliphatic rings. The van der Waals surface area contributed by atoms with Crippen molar-refractivity contribution in [2.45, 2.75) is 44.1 Å². The molecular formula is C24H27ClN4O3. The summed E-state index contributed by atoms with van der Waals surface area (Å²) in [5.41, 5.74) is 2.48. The number of rotatable bonds is 9. The first-order valence-corrected chi connectivity index (χ1v) is 11.2. The van der Waals surface area contributed by atoms with Crippen molar-refractivity contribution in [3.63, 3.8) is 0 Å². The Balaban J connectivity index is 1.29. The van der Waals surface area contributed by atoms with E-state index >= 15 is 0 Å². The molecule has 0 unspecified atom stereocenters. The fourth-order valence-corrected chi connectivity index (χ4v) is 4.35. The quantitative estimate of drug-likeness (QED) is 0.460. The second-order valence-corrected chi connectivity index (χ2v) is 8.73. The van der Waals surface area contributed by atoms with Crippen LogP contribution in [0.4, 0.5) is 0 Å². The third kappa shape index (κ3) is 5.40. The molecule has 1 aromatic heterocycles. The first-order valence-electron chi connectivity index (χ1n) is 10.8. The number of nitrogens with zero attached hydrogens (tertiary/aromatic N) is 1. The summed E-state index contributed by atoms with van der Waals surface area (Å²) >= 11 is 5.98. The molecule has 3 aromatic rings. The first-order chi connectivity index (χ1) is 15.4. The van der Waals surface area contributed by atoms with Gasteiger partial charge in [-0.3, -0.25) is 9.59 Å². The van der Waals surface area contributed by atoms with E-state index in [2.05, 4.69) is 20.6 Å². The Morgan fingerprint density at radius 2 is 2.06 bits per heavy atom. The number of amides is 2. The molecule has 0 saturated carbocycles. The van der Waals surface area contributed by atoms with E-state index in [4.69, 9.17) is 16.3 Å². The smallest absolute Gasteiger partial charge is 0.220 e. The van der Waals surface area contributed by atoms with Crippen LogP contribution >= 0.6 is 11.6 Å². The number of halogens is 1. The van der Waals surface area contributed by atoms with Gasteiger partial charge < -0.3 is 20.4 Å². The van der Waals surface area contributed by atoms with Crippen LogP contribution in [-0.4, -0.2) is 41.0 Å². The number of methoxy groups -OCH3 is 1. The third-order valence-corrected chi connectivity index (χ3v) is 6.20. The monoisotopic (exact) mass is 454 g/mol. The van der Waals surface area contributed by atoms with Crippen molar-refractivity contribution in [3.05, 3.63) is 58.9 Å². The Morgan fingerprint density at radius 1 is 1.25 bits per heavy atom. The fourth-order valence-electron chi connectivity index (χ4n) is 4.22. The van der Waals surface area contributed by atoms with Gasteiger partial charge in [0.05, 0.1) is 18.1 Å². The lowest BCUT2D eigenvalue weighted by Crippen LogP contribution is -2.44. The molecule has 0 spiro atoms. The Labute approximate surface area is 191 Å². The molecule has 3 N–H and O–H groups in total. The molecule has 2 aromatic carbocycles. The minimum Gasteiger partial charge on any atom is -0.497 e. The molecule has 1 saturated heterocycles. The predicted molar refractivity (Wildman–Crippen MR) is 124 cm³/mol. The highest BCUT2D eigenvalue weighted by molar-refractivity contribution is 6.30. The van der Waals surface area contributed by atoms with Crippen molar-refractivity contribution in [3.8, 4) is 5.75 Å². The van der Waals surface area contributed by atoms with Crippen LogP contribution in [0.2, 0.25) is 5.02 Å². The number of H-pyrrole nitrogens is 1. The van der Waals surface area contributed by atoms with Crippen molar-refractivity contribution in [1.29, 1.82) is 0 Å². The van der Waals surface area contributed by atoms with Crippen molar-refractivity contribution in [1.82, 2.24) is 20.6 Å². The van der Waals surface area contributed by atoms with E-state index in [0.29, 0.717) is 43.7 Å². The van der Waals surface area contributed by atoms with Crippen molar-refractivity contribution in [2.75, 3.05) is 13.7 Å². The number of hydrogen-bond acceptors (Lipinski definition) is 4. The minimum absolute atomic E-state index is 0.0283. The molecule has 0 radical (unpaired) electrons. The van der Waals surface area contributed by atoms with Crippen LogP contribution in [0.25, 0.3) is 11.0 Å². The summed E-state index contributed by atoms with van der Waals surface area (Å²) in [4.78, 5) is 32.2. The Morgan fingerprint density at radius 3 is 2.78 bits per heavy atom. The molecule has 7 nitrogen and oxygen atoms in total. The minimum atomic E-state index is -0.389. The van der Waals surface area contributed by atoms with E-state index in [1.807, 2.05) is 42.5 Å². The van der Waals surface area contributed by atoms with E-state index in [1.165, 1.54) is 0 Å². The van der Waals surface area contributed by atoms with Gasteiger partial charge in [0.1, 0.15) is 11.6 Å². The molecule has 2 amide bonds. The molecular weight excluding hydrogens is 428 g/mol. The number of nitrogens with one attached hydrogen (secondary N) is 3. The Hall–Kier alpha value is -3.06. The standard InChI is InChI=1S/C24H27ClN4O3/c1-32-18-6-7-19-20(14-18)28-21(27-19)10-13-26-22(30)8-11-24(12-9-23(31)29-24)15-16-2-4-17(25)5-3-16/h2-7,14H,8-13,15H2,1H3,(H,26,30)(H,27,28)(H,29,31)/t24-/m0/s1. The molecule has 2 heterocycles. The molecule has 0 aliphatic carbocycles. The van der Waals surface area contributed by atoms with Gasteiger partial charge in [0, 0.05) is 42.4 Å². The van der Waals surface area contributed by atoms with E-state index < -0.39 is 0 Å². The average molecular weight is 455 g/mol. The first kappa shape index (κ1) is 22.1. The van der Waals surface area contributed by atoms with E-state index in [0.717, 1.165) is 34.6 Å². The number of benzene rings is 2. The largest absolute Gasteiger partial charge is 0.497 e. The number of hydrogen-bond donors (Lipinski definition) is 3. The lowest BCUT2D eigenvalue weighted by atomic mass is 9.85. The van der Waals surface area contributed by atoms with Crippen LogP contribution in [0.5, 0.6) is 5.75 Å². The lowest BCUT2D eigenvalue weighted by Gasteiger charge is -2.29. The second-order valence-electron chi connectivity index (χ2n) is 8.30. The molecule has 4 rings (SSSR count). The predicted octanol–water partition coefficient (Wildman–Crippen LogP) is 3.56. The van der Waals surface area contributed by atoms with Gasteiger partial charge >= 0.3 is 0 Å². The van der Waals surface area contributed by atoms with Gasteiger partial charge in [-0.2, -0.15) is 0 Å². The highest BCUT2D eigenvalue weighted by Crippen LogP contribution is 2.30. The molecule has 1 atom stereocenters. The highest BCUT2D eigenvalue weighted by atomic mass is 35.5. The second kappa shape index (κ2) is 9.61. The van der Waals surface area contributed by atoms with Gasteiger partial charge in [0.2, 0.25) is 11.8 Å². The fraction of sp³-hybridized carbons (Fsp3) is 0.375. The topological polar surface area (TPSA) is 96.1 Å². The van der Waals surface area contributed by atoms with Crippen LogP contribution in [0, 0.1) is 0 Å². The number of imidazole rings is 1. The summed E-state index contributed by atoms with van der Waals surface area (Å²) in [5, 5.41) is 6.76. The van der Waals surface area contributed by atoms with Gasteiger partial charge in [-0.05, 0) is 49.1 Å². The SMILES string of the molecule is COc1ccc2nc(CCNC(=O)CC[C@@]3(Cc4ccc(Cl)cc4)CCC(=O)N3)[nH]c2c1. The van der Waals surface area contributed by atoms with Crippen molar-refractivity contribution >= 4 is 34.4 Å². The van der Waals surface area contributed by atoms with Crippen LogP contribution < -0.4 is 15.4 Å². The van der Waals surface area contributed by atoms with E-state index in [-0.39, 0.29) is 17.4 Å². The molecule has 32 heavy (non-hydrogen) atoms. The maximum Gasteiger partial charge on any atom is 0.220 e. The van der Waals surface area contributed by atoms with Crippen LogP contribution in [0.1, 0.15) is 37.1 Å². The molecule has 0 bridgehead atoms. The normalized spacial score (nSPS) is 18.0. The maximum absolute atomic E-state index is 12.5. The van der Waals surface area contributed by atoms with Gasteiger partial charge in [-0.15, -0.1) is 0 Å². The summed E-state index contributed by atoms with van der Waals surface area (Å²) in [7, 11) is 1.63. The van der Waals surface area contributed by atoms with Gasteiger partial charge in [-0.25, -0.2) is 4.98 Å². The number of ether oxygens (including phenoxy) is 1. The van der Waals surface area contributed by atoms with E-state index in [1.54, 1.807) is 7.11 Å². The van der Waals surface area contributed by atoms with Crippen LogP contribution in [0.15, 0.2) is 42.5 Å². The summed E-state index contributed by atoms with van der Waals surface area (Å²) in [6.45, 7) is 0.492. The zero-order valence-corrected chi connectivity index (χ0v) is 18.8. The van der Waals surface area contributed by atoms with Gasteiger partial charge in [0.15, 0.2) is 0 Å². The lowest BCUT2D eigenvalue weighted by molar-refractivity contribution is -0.122. The molecule has 1 aliphatic heterocycles.